The lowest BCUT2D eigenvalue weighted by molar-refractivity contribution is -0.137. The maximum absolute atomic E-state index is 14.1. The minimum absolute atomic E-state index is 0.222. The number of nitrogens with zero attached hydrogens (tertiary/aromatic N) is 1. The third-order valence-corrected chi connectivity index (χ3v) is 13.0. The molecule has 1 aromatic heterocycles. The highest BCUT2D eigenvalue weighted by molar-refractivity contribution is 8.00. The molecule has 49 heavy (non-hydrogen) atoms. The van der Waals surface area contributed by atoms with Crippen LogP contribution >= 0.6 is 34.7 Å². The number of rotatable bonds is 6. The summed E-state index contributed by atoms with van der Waals surface area (Å²) in [4.78, 5) is 57.8. The molecule has 8 nitrogen and oxygen atoms in total. The van der Waals surface area contributed by atoms with Crippen LogP contribution in [-0.4, -0.2) is 34.6 Å². The van der Waals surface area contributed by atoms with Crippen molar-refractivity contribution in [3.63, 3.8) is 0 Å². The summed E-state index contributed by atoms with van der Waals surface area (Å²) in [6.07, 6.45) is -4.22. The predicted octanol–water partition coefficient (Wildman–Crippen LogP) is 7.11. The number of aromatic nitrogens is 1. The first kappa shape index (κ1) is 32.2. The van der Waals surface area contributed by atoms with Gasteiger partial charge in [0.15, 0.2) is 6.61 Å². The van der Waals surface area contributed by atoms with E-state index in [0.717, 1.165) is 32.7 Å². The number of para-hydroxylation sites is 1. The zero-order valence-electron chi connectivity index (χ0n) is 25.6. The van der Waals surface area contributed by atoms with Crippen molar-refractivity contribution in [1.82, 2.24) is 4.98 Å². The average molecular weight is 726 g/mol. The molecule has 4 unspecified atom stereocenters. The number of benzene rings is 3. The van der Waals surface area contributed by atoms with Crippen LogP contribution in [0.1, 0.15) is 33.9 Å². The van der Waals surface area contributed by atoms with E-state index >= 15 is 0 Å². The molecule has 2 aliphatic carbocycles. The molecule has 3 amide bonds. The van der Waals surface area contributed by atoms with Gasteiger partial charge in [0.05, 0.1) is 28.1 Å². The summed E-state index contributed by atoms with van der Waals surface area (Å²) in [6.45, 7) is 1.60. The maximum Gasteiger partial charge on any atom is 0.418 e. The first-order valence-electron chi connectivity index (χ1n) is 15.6. The molecule has 3 fully saturated rings. The number of H-pyrrole nitrogens is 1. The number of anilines is 2. The number of amides is 3. The van der Waals surface area contributed by atoms with Gasteiger partial charge in [0, 0.05) is 32.3 Å². The summed E-state index contributed by atoms with van der Waals surface area (Å²) in [5.41, 5.74) is 0.735. The number of thioether (sulfide) groups is 1. The number of aryl methyl sites for hydroxylation is 1. The van der Waals surface area contributed by atoms with E-state index in [2.05, 4.69) is 10.3 Å². The first-order valence-corrected chi connectivity index (χ1v) is 17.7. The fraction of sp³-hybridized carbons (Fsp3) is 0.314. The summed E-state index contributed by atoms with van der Waals surface area (Å²) >= 11 is 9.04. The molecule has 4 aliphatic rings. The van der Waals surface area contributed by atoms with Crippen molar-refractivity contribution >= 4 is 63.8 Å². The number of fused-ring (bicyclic) bond motifs is 9. The molecule has 2 aliphatic heterocycles. The Morgan fingerprint density at radius 1 is 1.02 bits per heavy atom. The third-order valence-electron chi connectivity index (χ3n) is 10.1. The summed E-state index contributed by atoms with van der Waals surface area (Å²) in [7, 11) is 0. The van der Waals surface area contributed by atoms with Crippen LogP contribution in [0.15, 0.2) is 76.6 Å². The van der Waals surface area contributed by atoms with Crippen molar-refractivity contribution < 1.29 is 32.3 Å². The van der Waals surface area contributed by atoms with Gasteiger partial charge in [0.2, 0.25) is 11.8 Å². The van der Waals surface area contributed by atoms with Gasteiger partial charge < -0.3 is 15.0 Å². The normalized spacial score (nSPS) is 26.8. The van der Waals surface area contributed by atoms with Crippen LogP contribution in [0.25, 0.3) is 0 Å². The number of nitrogens with one attached hydrogen (secondary N) is 2. The number of carbonyl (C=O) groups is 3. The molecule has 2 N–H and O–H groups in total. The van der Waals surface area contributed by atoms with Gasteiger partial charge in [-0.2, -0.15) is 13.2 Å². The summed E-state index contributed by atoms with van der Waals surface area (Å²) < 4.78 is 48.2. The van der Waals surface area contributed by atoms with E-state index in [0.29, 0.717) is 33.5 Å². The van der Waals surface area contributed by atoms with Crippen LogP contribution in [0.4, 0.5) is 24.5 Å². The Labute approximate surface area is 291 Å². The number of halogens is 4. The zero-order chi connectivity index (χ0) is 34.4. The Morgan fingerprint density at radius 3 is 2.53 bits per heavy atom. The summed E-state index contributed by atoms with van der Waals surface area (Å²) in [5, 5.41) is 3.64. The highest BCUT2D eigenvalue weighted by Crippen LogP contribution is 2.69. The maximum atomic E-state index is 14.1. The first-order chi connectivity index (χ1) is 23.4. The smallest absolute Gasteiger partial charge is 0.418 e. The zero-order valence-corrected chi connectivity index (χ0v) is 28.0. The quantitative estimate of drug-likeness (QED) is 0.205. The van der Waals surface area contributed by atoms with Gasteiger partial charge in [-0.05, 0) is 79.1 Å². The Hall–Kier alpha value is -4.07. The fourth-order valence-electron chi connectivity index (χ4n) is 8.47. The van der Waals surface area contributed by atoms with Gasteiger partial charge in [0.25, 0.3) is 5.91 Å². The van der Waals surface area contributed by atoms with E-state index in [4.69, 9.17) is 16.3 Å². The third kappa shape index (κ3) is 5.28. The van der Waals surface area contributed by atoms with Gasteiger partial charge in [0.1, 0.15) is 5.75 Å². The van der Waals surface area contributed by atoms with Crippen molar-refractivity contribution in [2.45, 2.75) is 35.7 Å². The number of carbonyl (C=O) groups excluding carboxylic acids is 3. The molecule has 2 saturated carbocycles. The number of alkyl halides is 3. The standard InChI is InChI=1S/C35H27ClF3N3O5S2/c1-15-5-4-6-17(11-15)40-24(43)14-47-23-10-9-16(36)12-18(23)25-26-19-13-20(29(26)48-31-30(25)49-34(46)41-31)28-27(19)32(44)42(33(28)45)22-8-3-2-7-21(22)35(37,38)39/h2-12,19-20,25-29H,13-14H2,1H3,(H,40,43)(H,41,46)/t19-,20-,25-,26?,27?,28?,29?/m1/s1. The van der Waals surface area contributed by atoms with Crippen molar-refractivity contribution in [3.05, 3.63) is 103 Å². The number of hydrogen-bond acceptors (Lipinski definition) is 7. The van der Waals surface area contributed by atoms with E-state index in [-0.39, 0.29) is 40.4 Å². The summed E-state index contributed by atoms with van der Waals surface area (Å²) in [6, 6.07) is 17.0. The van der Waals surface area contributed by atoms with Crippen molar-refractivity contribution in [2.75, 3.05) is 16.8 Å². The number of thiazole rings is 1. The molecule has 7 atom stereocenters. The Morgan fingerprint density at radius 2 is 1.78 bits per heavy atom. The molecule has 0 radical (unpaired) electrons. The highest BCUT2D eigenvalue weighted by atomic mass is 35.5. The number of hydrogen-bond donors (Lipinski definition) is 2. The molecule has 8 rings (SSSR count). The predicted molar refractivity (Wildman–Crippen MR) is 179 cm³/mol. The molecule has 2 bridgehead atoms. The van der Waals surface area contributed by atoms with Crippen LogP contribution in [0.2, 0.25) is 5.02 Å². The van der Waals surface area contributed by atoms with Crippen LogP contribution in [0.3, 0.4) is 0 Å². The van der Waals surface area contributed by atoms with Crippen LogP contribution < -0.4 is 19.8 Å². The molecule has 3 heterocycles. The van der Waals surface area contributed by atoms with Crippen molar-refractivity contribution in [2.24, 2.45) is 29.6 Å². The lowest BCUT2D eigenvalue weighted by Crippen LogP contribution is -2.42. The Bertz CT molecular complexity index is 2100. The molecule has 0 spiro atoms. The number of ether oxygens (including phenoxy) is 1. The average Bonchev–Trinajstić information content (AvgIpc) is 3.78. The molecular weight excluding hydrogens is 699 g/mol. The van der Waals surface area contributed by atoms with Gasteiger partial charge >= 0.3 is 11.0 Å². The lowest BCUT2D eigenvalue weighted by atomic mass is 9.68. The van der Waals surface area contributed by atoms with E-state index in [9.17, 15) is 32.3 Å². The monoisotopic (exact) mass is 725 g/mol. The molecule has 4 aromatic rings. The molecule has 14 heteroatoms. The van der Waals surface area contributed by atoms with E-state index in [1.54, 1.807) is 24.3 Å². The Balaban J connectivity index is 1.15. The second-order valence-corrected chi connectivity index (χ2v) is 15.5. The molecule has 252 valence electrons. The minimum atomic E-state index is -4.76. The van der Waals surface area contributed by atoms with E-state index < -0.39 is 47.0 Å². The van der Waals surface area contributed by atoms with Crippen LogP contribution in [-0.2, 0) is 20.6 Å². The molecular formula is C35H27ClF3N3O5S2. The second-order valence-electron chi connectivity index (χ2n) is 12.9. The lowest BCUT2D eigenvalue weighted by Gasteiger charge is -2.43. The topological polar surface area (TPSA) is 109 Å². The highest BCUT2D eigenvalue weighted by Gasteiger charge is 2.70. The fourth-order valence-corrected chi connectivity index (χ4v) is 11.5. The summed E-state index contributed by atoms with van der Waals surface area (Å²) in [5.74, 6) is -4.29. The van der Waals surface area contributed by atoms with Crippen molar-refractivity contribution in [3.8, 4) is 5.75 Å². The van der Waals surface area contributed by atoms with Crippen molar-refractivity contribution in [1.29, 1.82) is 0 Å². The second kappa shape index (κ2) is 11.8. The molecule has 1 saturated heterocycles. The minimum Gasteiger partial charge on any atom is -0.483 e. The van der Waals surface area contributed by atoms with Crippen LogP contribution in [0, 0.1) is 36.5 Å². The Kier molecular flexibility index (Phi) is 7.72. The van der Waals surface area contributed by atoms with Gasteiger partial charge in [-0.15, -0.1) is 11.8 Å². The number of aromatic amines is 1. The number of imide groups is 1. The van der Waals surface area contributed by atoms with E-state index in [1.165, 1.54) is 30.0 Å². The van der Waals surface area contributed by atoms with Gasteiger partial charge in [-0.1, -0.05) is 47.2 Å². The largest absolute Gasteiger partial charge is 0.483 e. The van der Waals surface area contributed by atoms with Gasteiger partial charge in [-0.25, -0.2) is 4.90 Å². The SMILES string of the molecule is Cc1cccc(NC(=O)COc2ccc(Cl)cc2[C@H]2c3sc(=O)[nH]c3SC3C2[C@H]2C[C@@H]3C3C(=O)N(c4ccccc4C(F)(F)F)C(=O)C32)c1. The van der Waals surface area contributed by atoms with Gasteiger partial charge in [-0.3, -0.25) is 19.2 Å². The molecule has 3 aromatic carbocycles. The van der Waals surface area contributed by atoms with E-state index in [1.807, 2.05) is 25.1 Å². The van der Waals surface area contributed by atoms with Crippen LogP contribution in [0.5, 0.6) is 5.75 Å².